The van der Waals surface area contributed by atoms with Crippen molar-refractivity contribution < 1.29 is 38.4 Å². The fourth-order valence-electron chi connectivity index (χ4n) is 5.06. The highest BCUT2D eigenvalue weighted by molar-refractivity contribution is 6.33. The van der Waals surface area contributed by atoms with Gasteiger partial charge in [-0.05, 0) is 46.2 Å². The van der Waals surface area contributed by atoms with Crippen LogP contribution >= 0.6 is 11.6 Å². The van der Waals surface area contributed by atoms with Gasteiger partial charge >= 0.3 is 12.0 Å². The van der Waals surface area contributed by atoms with Crippen LogP contribution in [0.4, 0.5) is 4.79 Å². The Morgan fingerprint density at radius 3 is 2.33 bits per heavy atom. The van der Waals surface area contributed by atoms with Gasteiger partial charge in [0.25, 0.3) is 0 Å². The highest BCUT2D eigenvalue weighted by Crippen LogP contribution is 2.43. The monoisotopic (exact) mass is 604 g/mol. The van der Waals surface area contributed by atoms with E-state index in [9.17, 15) is 19.5 Å². The maximum atomic E-state index is 13.8. The maximum absolute atomic E-state index is 13.8. The van der Waals surface area contributed by atoms with Gasteiger partial charge in [0, 0.05) is 31.6 Å². The third kappa shape index (κ3) is 7.73. The van der Waals surface area contributed by atoms with Crippen molar-refractivity contribution in [1.82, 2.24) is 10.2 Å². The summed E-state index contributed by atoms with van der Waals surface area (Å²) < 4.78 is 23.0. The number of halogens is 1. The van der Waals surface area contributed by atoms with Gasteiger partial charge in [-0.15, -0.1) is 0 Å². The highest BCUT2D eigenvalue weighted by atomic mass is 35.5. The zero-order chi connectivity index (χ0) is 30.9. The Hall–Kier alpha value is -3.34. The lowest BCUT2D eigenvalue weighted by Crippen LogP contribution is -2.66. The van der Waals surface area contributed by atoms with E-state index < -0.39 is 23.6 Å². The molecular weight excluding hydrogens is 564 g/mol. The van der Waals surface area contributed by atoms with Crippen molar-refractivity contribution in [2.45, 2.75) is 71.8 Å². The van der Waals surface area contributed by atoms with Crippen LogP contribution in [-0.2, 0) is 20.9 Å². The van der Waals surface area contributed by atoms with E-state index in [2.05, 4.69) is 5.32 Å². The molecule has 230 valence electrons. The summed E-state index contributed by atoms with van der Waals surface area (Å²) >= 11 is 6.84. The van der Waals surface area contributed by atoms with Crippen molar-refractivity contribution in [1.29, 1.82) is 0 Å². The molecule has 2 N–H and O–H groups in total. The molecule has 1 atom stereocenters. The first-order valence-electron chi connectivity index (χ1n) is 14.3. The molecule has 2 amide bonds. The van der Waals surface area contributed by atoms with Crippen LogP contribution < -0.4 is 14.8 Å². The molecule has 0 heterocycles. The normalized spacial score (nSPS) is 18.5. The predicted octanol–water partition coefficient (Wildman–Crippen LogP) is 5.65. The van der Waals surface area contributed by atoms with Crippen LogP contribution in [0.1, 0.15) is 75.0 Å². The number of carbonyl (C=O) groups is 3. The minimum atomic E-state index is -1.45. The molecule has 2 aromatic rings. The fourth-order valence-corrected chi connectivity index (χ4v) is 5.42. The summed E-state index contributed by atoms with van der Waals surface area (Å²) in [6.07, 6.45) is 0.0692. The summed E-state index contributed by atoms with van der Waals surface area (Å²) in [7, 11) is 0. The van der Waals surface area contributed by atoms with E-state index in [1.165, 1.54) is 11.8 Å². The van der Waals surface area contributed by atoms with E-state index in [0.29, 0.717) is 31.1 Å². The molecule has 2 aromatic carbocycles. The van der Waals surface area contributed by atoms with E-state index in [1.807, 2.05) is 37.3 Å². The van der Waals surface area contributed by atoms with Crippen LogP contribution in [0.5, 0.6) is 11.5 Å². The van der Waals surface area contributed by atoms with E-state index in [1.54, 1.807) is 26.8 Å². The zero-order valence-electron chi connectivity index (χ0n) is 24.9. The molecule has 3 rings (SSSR count). The Morgan fingerprint density at radius 2 is 1.76 bits per heavy atom. The topological polar surface area (TPSA) is 124 Å². The van der Waals surface area contributed by atoms with Gasteiger partial charge in [0.2, 0.25) is 0 Å². The number of amides is 2. The van der Waals surface area contributed by atoms with E-state index in [0.717, 1.165) is 5.56 Å². The van der Waals surface area contributed by atoms with Crippen LogP contribution in [0.2, 0.25) is 5.02 Å². The van der Waals surface area contributed by atoms with Gasteiger partial charge in [-0.3, -0.25) is 4.79 Å². The fraction of sp³-hybridized carbons (Fsp3) is 0.516. The first-order chi connectivity index (χ1) is 20.1. The highest BCUT2D eigenvalue weighted by Gasteiger charge is 2.53. The first-order valence-corrected chi connectivity index (χ1v) is 14.6. The molecule has 1 aliphatic carbocycles. The Labute approximate surface area is 252 Å². The maximum Gasteiger partial charge on any atom is 0.329 e. The van der Waals surface area contributed by atoms with Gasteiger partial charge < -0.3 is 34.3 Å². The number of hydrogen-bond acceptors (Lipinski definition) is 7. The SMILES string of the molecule is CCOc1cc([C@@H](C)N(CCOCc2ccccc2)C(=O)NC2(C(=O)O)CC(OCC)C2)c(Cl)c(OCC)c1C(C)=O. The number of Topliss-reactive ketones (excluding diaryl/α,β-unsaturated/α-hetero) is 1. The summed E-state index contributed by atoms with van der Waals surface area (Å²) in [5.74, 6) is -0.924. The molecule has 0 aliphatic heterocycles. The number of ether oxygens (including phenoxy) is 4. The van der Waals surface area contributed by atoms with Crippen molar-refractivity contribution >= 4 is 29.4 Å². The largest absolute Gasteiger partial charge is 0.493 e. The Kier molecular flexibility index (Phi) is 12.0. The number of rotatable bonds is 16. The lowest BCUT2D eigenvalue weighted by Gasteiger charge is -2.45. The number of carboxylic acids is 1. The predicted molar refractivity (Wildman–Crippen MR) is 159 cm³/mol. The number of hydrogen-bond donors (Lipinski definition) is 2. The van der Waals surface area contributed by atoms with Gasteiger partial charge in [0.05, 0.1) is 43.6 Å². The standard InChI is InChI=1S/C31H41ClN2O8/c1-6-40-23-17-31(18-23,29(36)37)33-30(38)34(14-15-39-19-22-12-10-9-11-13-22)20(4)24-16-25(41-7-2)26(21(5)35)28(27(24)32)42-8-3/h9-13,16,20,23H,6-8,14-15,17-19H2,1-5H3,(H,33,38)(H,36,37)/t20-,23?,31?/m1/s1. The van der Waals surface area contributed by atoms with Gasteiger partial charge in [-0.2, -0.15) is 0 Å². The van der Waals surface area contributed by atoms with Gasteiger partial charge in [-0.1, -0.05) is 41.9 Å². The van der Waals surface area contributed by atoms with Crippen molar-refractivity contribution in [2.75, 3.05) is 33.0 Å². The molecule has 0 radical (unpaired) electrons. The van der Waals surface area contributed by atoms with E-state index in [4.69, 9.17) is 30.5 Å². The van der Waals surface area contributed by atoms with Crippen molar-refractivity contribution in [2.24, 2.45) is 0 Å². The molecule has 42 heavy (non-hydrogen) atoms. The number of nitrogens with zero attached hydrogens (tertiary/aromatic N) is 1. The van der Waals surface area contributed by atoms with Crippen molar-refractivity contribution in [3.8, 4) is 11.5 Å². The van der Waals surface area contributed by atoms with Crippen LogP contribution in [0.3, 0.4) is 0 Å². The number of carbonyl (C=O) groups excluding carboxylic acids is 2. The average molecular weight is 605 g/mol. The molecule has 0 saturated heterocycles. The minimum absolute atomic E-state index is 0.128. The molecule has 0 aromatic heterocycles. The lowest BCUT2D eigenvalue weighted by atomic mass is 9.74. The minimum Gasteiger partial charge on any atom is -0.493 e. The van der Waals surface area contributed by atoms with Crippen LogP contribution in [0, 0.1) is 0 Å². The van der Waals surface area contributed by atoms with Gasteiger partial charge in [-0.25, -0.2) is 9.59 Å². The second kappa shape index (κ2) is 15.2. The van der Waals surface area contributed by atoms with Crippen molar-refractivity contribution in [3.63, 3.8) is 0 Å². The summed E-state index contributed by atoms with van der Waals surface area (Å²) in [5, 5.41) is 12.9. The molecule has 0 bridgehead atoms. The van der Waals surface area contributed by atoms with Crippen molar-refractivity contribution in [3.05, 3.63) is 58.1 Å². The Morgan fingerprint density at radius 1 is 1.10 bits per heavy atom. The Balaban J connectivity index is 1.95. The molecule has 1 fully saturated rings. The molecular formula is C31H41ClN2O8. The molecule has 11 heteroatoms. The second-order valence-electron chi connectivity index (χ2n) is 10.1. The van der Waals surface area contributed by atoms with Gasteiger partial charge in [0.15, 0.2) is 11.5 Å². The molecule has 10 nitrogen and oxygen atoms in total. The average Bonchev–Trinajstić information content (AvgIpc) is 2.93. The number of aliphatic carboxylic acids is 1. The Bertz CT molecular complexity index is 1230. The number of benzene rings is 2. The third-order valence-electron chi connectivity index (χ3n) is 7.23. The number of nitrogens with one attached hydrogen (secondary N) is 1. The molecule has 0 unspecified atom stereocenters. The third-order valence-corrected chi connectivity index (χ3v) is 7.62. The van der Waals surface area contributed by atoms with Crippen LogP contribution in [0.25, 0.3) is 0 Å². The lowest BCUT2D eigenvalue weighted by molar-refractivity contribution is -0.156. The molecule has 1 saturated carbocycles. The van der Waals surface area contributed by atoms with Gasteiger partial charge in [0.1, 0.15) is 16.9 Å². The van der Waals surface area contributed by atoms with E-state index in [-0.39, 0.29) is 60.8 Å². The van der Waals surface area contributed by atoms with Crippen LogP contribution in [-0.4, -0.2) is 72.4 Å². The first kappa shape index (κ1) is 33.2. The number of ketones is 1. The number of carboxylic acid groups (broad SMARTS) is 1. The second-order valence-corrected chi connectivity index (χ2v) is 10.5. The summed E-state index contributed by atoms with van der Waals surface area (Å²) in [6, 6.07) is 10.0. The number of urea groups is 1. The summed E-state index contributed by atoms with van der Waals surface area (Å²) in [4.78, 5) is 40.1. The quantitative estimate of drug-likeness (QED) is 0.186. The smallest absolute Gasteiger partial charge is 0.329 e. The summed E-state index contributed by atoms with van der Waals surface area (Å²) in [6.45, 7) is 10.2. The van der Waals surface area contributed by atoms with Crippen LogP contribution in [0.15, 0.2) is 36.4 Å². The zero-order valence-corrected chi connectivity index (χ0v) is 25.7. The molecule has 1 aliphatic rings. The molecule has 0 spiro atoms. The van der Waals surface area contributed by atoms with E-state index >= 15 is 0 Å². The summed E-state index contributed by atoms with van der Waals surface area (Å²) in [5.41, 5.74) is 0.239.